The first-order chi connectivity index (χ1) is 13.5. The van der Waals surface area contributed by atoms with Gasteiger partial charge in [-0.05, 0) is 44.0 Å². The van der Waals surface area contributed by atoms with Gasteiger partial charge in [-0.25, -0.2) is 10.0 Å². The summed E-state index contributed by atoms with van der Waals surface area (Å²) < 4.78 is 0. The lowest BCUT2D eigenvalue weighted by molar-refractivity contribution is -0.123. The van der Waals surface area contributed by atoms with E-state index in [2.05, 4.69) is 10.2 Å². The molecule has 6 nitrogen and oxygen atoms in total. The van der Waals surface area contributed by atoms with Crippen LogP contribution in [0.5, 0.6) is 0 Å². The third-order valence-corrected chi connectivity index (χ3v) is 5.42. The van der Waals surface area contributed by atoms with Gasteiger partial charge in [-0.1, -0.05) is 43.3 Å². The predicted molar refractivity (Wildman–Crippen MR) is 110 cm³/mol. The van der Waals surface area contributed by atoms with Crippen LogP contribution in [-0.2, 0) is 9.59 Å². The molecule has 2 amide bonds. The number of benzene rings is 2. The molecule has 0 saturated heterocycles. The Morgan fingerprint density at radius 1 is 0.714 bits per heavy atom. The predicted octanol–water partition coefficient (Wildman–Crippen LogP) is 3.70. The molecular formula is C22H22N4O2. The Hall–Kier alpha value is -3.28. The second kappa shape index (κ2) is 7.03. The molecule has 0 fully saturated rings. The van der Waals surface area contributed by atoms with Crippen molar-refractivity contribution in [2.75, 3.05) is 10.0 Å². The van der Waals surface area contributed by atoms with E-state index in [4.69, 9.17) is 0 Å². The molecule has 2 heterocycles. The highest BCUT2D eigenvalue weighted by molar-refractivity contribution is 6.18. The van der Waals surface area contributed by atoms with Gasteiger partial charge in [0.15, 0.2) is 0 Å². The molecule has 0 aromatic heterocycles. The SMILES string of the molecule is CC1=NN(c2ccccc2)C(=O)[C@H]1C(C)[C@@H]1C(=O)N(c2ccccc2)N=C1C. The third-order valence-electron chi connectivity index (χ3n) is 5.42. The van der Waals surface area contributed by atoms with Crippen LogP contribution in [0.3, 0.4) is 0 Å². The first-order valence-corrected chi connectivity index (χ1v) is 9.37. The van der Waals surface area contributed by atoms with Gasteiger partial charge in [0.25, 0.3) is 11.8 Å². The van der Waals surface area contributed by atoms with Crippen LogP contribution >= 0.6 is 0 Å². The number of hydrogen-bond donors (Lipinski definition) is 0. The fourth-order valence-electron chi connectivity index (χ4n) is 4.07. The molecule has 6 heteroatoms. The zero-order valence-electron chi connectivity index (χ0n) is 16.1. The lowest BCUT2D eigenvalue weighted by atomic mass is 9.78. The van der Waals surface area contributed by atoms with Gasteiger partial charge in [0.05, 0.1) is 23.2 Å². The molecule has 0 bridgehead atoms. The highest BCUT2D eigenvalue weighted by atomic mass is 16.2. The smallest absolute Gasteiger partial charge is 0.256 e. The summed E-state index contributed by atoms with van der Waals surface area (Å²) in [6, 6.07) is 18.7. The van der Waals surface area contributed by atoms with Gasteiger partial charge in [0.1, 0.15) is 0 Å². The average Bonchev–Trinajstić information content (AvgIpc) is 3.17. The highest BCUT2D eigenvalue weighted by Crippen LogP contribution is 2.36. The fraction of sp³-hybridized carbons (Fsp3) is 0.273. The largest absolute Gasteiger partial charge is 0.272 e. The van der Waals surface area contributed by atoms with Crippen molar-refractivity contribution in [3.63, 3.8) is 0 Å². The van der Waals surface area contributed by atoms with Crippen molar-refractivity contribution < 1.29 is 9.59 Å². The number of anilines is 2. The van der Waals surface area contributed by atoms with Crippen LogP contribution in [-0.4, -0.2) is 23.2 Å². The summed E-state index contributed by atoms with van der Waals surface area (Å²) in [7, 11) is 0. The van der Waals surface area contributed by atoms with Gasteiger partial charge in [-0.2, -0.15) is 10.2 Å². The Morgan fingerprint density at radius 3 is 1.43 bits per heavy atom. The molecule has 2 aliphatic rings. The van der Waals surface area contributed by atoms with Gasteiger partial charge >= 0.3 is 0 Å². The molecule has 2 aromatic rings. The molecule has 0 radical (unpaired) electrons. The molecule has 2 aromatic carbocycles. The van der Waals surface area contributed by atoms with Crippen LogP contribution in [0.25, 0.3) is 0 Å². The third kappa shape index (κ3) is 2.91. The van der Waals surface area contributed by atoms with Crippen molar-refractivity contribution in [1.82, 2.24) is 0 Å². The van der Waals surface area contributed by atoms with Gasteiger partial charge < -0.3 is 0 Å². The number of carbonyl (C=O) groups is 2. The van der Waals surface area contributed by atoms with Crippen LogP contribution in [0.2, 0.25) is 0 Å². The van der Waals surface area contributed by atoms with E-state index in [1.54, 1.807) is 0 Å². The highest BCUT2D eigenvalue weighted by Gasteiger charge is 2.47. The van der Waals surface area contributed by atoms with E-state index in [9.17, 15) is 9.59 Å². The van der Waals surface area contributed by atoms with Crippen LogP contribution in [0, 0.1) is 17.8 Å². The normalized spacial score (nSPS) is 22.1. The topological polar surface area (TPSA) is 65.3 Å². The zero-order chi connectivity index (χ0) is 19.8. The standard InChI is InChI=1S/C22H22N4O2/c1-14(19-15(2)23-25(21(19)27)17-10-6-4-7-11-17)20-16(3)24-26(22(20)28)18-12-8-5-9-13-18/h4-14,19-20H,1-3H3/t19-,20-/m0/s1. The number of para-hydroxylation sites is 2. The van der Waals surface area contributed by atoms with Gasteiger partial charge in [-0.15, -0.1) is 0 Å². The van der Waals surface area contributed by atoms with Crippen molar-refractivity contribution in [2.24, 2.45) is 28.0 Å². The van der Waals surface area contributed by atoms with Gasteiger partial charge in [0, 0.05) is 11.4 Å². The monoisotopic (exact) mass is 374 g/mol. The first-order valence-electron chi connectivity index (χ1n) is 9.37. The lowest BCUT2D eigenvalue weighted by Gasteiger charge is -2.24. The van der Waals surface area contributed by atoms with Crippen LogP contribution in [0.1, 0.15) is 20.8 Å². The Morgan fingerprint density at radius 2 is 1.07 bits per heavy atom. The van der Waals surface area contributed by atoms with Crippen LogP contribution in [0.15, 0.2) is 70.9 Å². The number of carbonyl (C=O) groups excluding carboxylic acids is 2. The van der Waals surface area contributed by atoms with E-state index in [-0.39, 0.29) is 17.7 Å². The van der Waals surface area contributed by atoms with Gasteiger partial charge in [0.2, 0.25) is 0 Å². The molecule has 28 heavy (non-hydrogen) atoms. The van der Waals surface area contributed by atoms with Gasteiger partial charge in [-0.3, -0.25) is 9.59 Å². The maximum atomic E-state index is 13.1. The number of hydrazone groups is 2. The molecule has 2 aliphatic heterocycles. The van der Waals surface area contributed by atoms with Crippen LogP contribution in [0.4, 0.5) is 11.4 Å². The minimum Gasteiger partial charge on any atom is -0.272 e. The fourth-order valence-corrected chi connectivity index (χ4v) is 4.07. The molecule has 0 N–H and O–H groups in total. The van der Waals surface area contributed by atoms with E-state index in [0.717, 1.165) is 22.8 Å². The molecule has 2 atom stereocenters. The van der Waals surface area contributed by atoms with E-state index in [0.29, 0.717) is 0 Å². The number of rotatable bonds is 4. The number of hydrogen-bond acceptors (Lipinski definition) is 4. The zero-order valence-corrected chi connectivity index (χ0v) is 16.1. The summed E-state index contributed by atoms with van der Waals surface area (Å²) in [4.78, 5) is 26.3. The molecule has 0 spiro atoms. The Labute approximate surface area is 164 Å². The van der Waals surface area contributed by atoms with E-state index < -0.39 is 11.8 Å². The summed E-state index contributed by atoms with van der Waals surface area (Å²) in [6.07, 6.45) is 0. The summed E-state index contributed by atoms with van der Waals surface area (Å²) in [5.74, 6) is -1.34. The second-order valence-corrected chi connectivity index (χ2v) is 7.27. The summed E-state index contributed by atoms with van der Waals surface area (Å²) in [5, 5.41) is 11.8. The Kier molecular flexibility index (Phi) is 4.55. The maximum Gasteiger partial charge on any atom is 0.256 e. The van der Waals surface area contributed by atoms with Crippen molar-refractivity contribution in [3.05, 3.63) is 60.7 Å². The van der Waals surface area contributed by atoms with Crippen molar-refractivity contribution in [1.29, 1.82) is 0 Å². The minimum atomic E-state index is -0.449. The quantitative estimate of drug-likeness (QED) is 0.819. The Bertz CT molecular complexity index is 889. The number of amides is 2. The van der Waals surface area contributed by atoms with Crippen molar-refractivity contribution >= 4 is 34.6 Å². The van der Waals surface area contributed by atoms with Crippen molar-refractivity contribution in [2.45, 2.75) is 20.8 Å². The first kappa shape index (κ1) is 18.1. The molecule has 0 aliphatic carbocycles. The molecule has 4 rings (SSSR count). The minimum absolute atomic E-state index is 0.102. The molecular weight excluding hydrogens is 352 g/mol. The molecule has 0 saturated carbocycles. The Balaban J connectivity index is 1.59. The molecule has 142 valence electrons. The summed E-state index contributed by atoms with van der Waals surface area (Å²) in [5.41, 5.74) is 2.91. The summed E-state index contributed by atoms with van der Waals surface area (Å²) >= 11 is 0. The van der Waals surface area contributed by atoms with Crippen LogP contribution < -0.4 is 10.0 Å². The van der Waals surface area contributed by atoms with E-state index >= 15 is 0 Å². The van der Waals surface area contributed by atoms with E-state index in [1.165, 1.54) is 10.0 Å². The average molecular weight is 374 g/mol. The van der Waals surface area contributed by atoms with E-state index in [1.807, 2.05) is 81.4 Å². The second-order valence-electron chi connectivity index (χ2n) is 7.27. The maximum absolute atomic E-state index is 13.1. The lowest BCUT2D eigenvalue weighted by Crippen LogP contribution is -2.40. The molecule has 0 unspecified atom stereocenters. The van der Waals surface area contributed by atoms with Crippen molar-refractivity contribution in [3.8, 4) is 0 Å². The summed E-state index contributed by atoms with van der Waals surface area (Å²) in [6.45, 7) is 5.64. The number of nitrogens with zero attached hydrogens (tertiary/aromatic N) is 4.